The van der Waals surface area contributed by atoms with Crippen molar-refractivity contribution in [2.45, 2.75) is 65.7 Å². The molecule has 0 saturated heterocycles. The molecule has 0 radical (unpaired) electrons. The van der Waals surface area contributed by atoms with E-state index in [1.54, 1.807) is 0 Å². The number of halogens is 3. The SMILES string of the molecule is CCn1nc(C)c(C(C)NCCCCC(F)(F)F)c1C. The Hall–Kier alpha value is -1.04. The fourth-order valence-corrected chi connectivity index (χ4v) is 2.52. The van der Waals surface area contributed by atoms with Crippen LogP contribution in [0.5, 0.6) is 0 Å². The number of nitrogens with zero attached hydrogens (tertiary/aromatic N) is 2. The van der Waals surface area contributed by atoms with Gasteiger partial charge in [0.05, 0.1) is 5.69 Å². The maximum atomic E-state index is 12.0. The van der Waals surface area contributed by atoms with Gasteiger partial charge in [0.2, 0.25) is 0 Å². The normalized spacial score (nSPS) is 13.8. The highest BCUT2D eigenvalue weighted by Crippen LogP contribution is 2.23. The fourth-order valence-electron chi connectivity index (χ4n) is 2.52. The minimum Gasteiger partial charge on any atom is -0.310 e. The summed E-state index contributed by atoms with van der Waals surface area (Å²) in [7, 11) is 0. The summed E-state index contributed by atoms with van der Waals surface area (Å²) >= 11 is 0. The highest BCUT2D eigenvalue weighted by molar-refractivity contribution is 5.27. The number of nitrogens with one attached hydrogen (secondary N) is 1. The summed E-state index contributed by atoms with van der Waals surface area (Å²) in [4.78, 5) is 0. The number of rotatable bonds is 7. The summed E-state index contributed by atoms with van der Waals surface area (Å²) in [6.07, 6.45) is -4.03. The maximum Gasteiger partial charge on any atom is 0.389 e. The largest absolute Gasteiger partial charge is 0.389 e. The molecule has 0 aliphatic rings. The number of hydrogen-bond acceptors (Lipinski definition) is 2. The molecule has 3 nitrogen and oxygen atoms in total. The Morgan fingerprint density at radius 2 is 1.90 bits per heavy atom. The third-order valence-corrected chi connectivity index (χ3v) is 3.51. The molecule has 1 unspecified atom stereocenters. The third kappa shape index (κ3) is 4.81. The van der Waals surface area contributed by atoms with Crippen LogP contribution in [0.1, 0.15) is 56.1 Å². The molecule has 1 heterocycles. The molecule has 116 valence electrons. The highest BCUT2D eigenvalue weighted by atomic mass is 19.4. The van der Waals surface area contributed by atoms with Gasteiger partial charge in [0.15, 0.2) is 0 Å². The van der Waals surface area contributed by atoms with E-state index in [1.807, 2.05) is 32.4 Å². The zero-order valence-electron chi connectivity index (χ0n) is 12.6. The van der Waals surface area contributed by atoms with Gasteiger partial charge in [-0.2, -0.15) is 18.3 Å². The van der Waals surface area contributed by atoms with Crippen molar-refractivity contribution >= 4 is 0 Å². The molecular formula is C14H24F3N3. The Kier molecular flexibility index (Phi) is 6.05. The molecule has 0 saturated carbocycles. The minimum absolute atomic E-state index is 0.112. The molecule has 0 aliphatic heterocycles. The highest BCUT2D eigenvalue weighted by Gasteiger charge is 2.25. The van der Waals surface area contributed by atoms with Crippen molar-refractivity contribution < 1.29 is 13.2 Å². The van der Waals surface area contributed by atoms with Crippen LogP contribution in [0.15, 0.2) is 0 Å². The van der Waals surface area contributed by atoms with Crippen molar-refractivity contribution in [3.63, 3.8) is 0 Å². The average Bonchev–Trinajstić information content (AvgIpc) is 2.62. The molecule has 1 aromatic heterocycles. The van der Waals surface area contributed by atoms with Crippen LogP contribution in [0, 0.1) is 13.8 Å². The Labute approximate surface area is 118 Å². The Morgan fingerprint density at radius 1 is 1.25 bits per heavy atom. The van der Waals surface area contributed by atoms with Gasteiger partial charge < -0.3 is 5.32 Å². The van der Waals surface area contributed by atoms with Gasteiger partial charge in [0, 0.05) is 30.3 Å². The Bertz CT molecular complexity index is 424. The topological polar surface area (TPSA) is 29.9 Å². The molecule has 1 aromatic rings. The van der Waals surface area contributed by atoms with Crippen LogP contribution in [0.2, 0.25) is 0 Å². The monoisotopic (exact) mass is 291 g/mol. The Morgan fingerprint density at radius 3 is 2.40 bits per heavy atom. The van der Waals surface area contributed by atoms with E-state index in [0.717, 1.165) is 23.5 Å². The van der Waals surface area contributed by atoms with E-state index < -0.39 is 12.6 Å². The van der Waals surface area contributed by atoms with E-state index in [4.69, 9.17) is 0 Å². The number of aryl methyl sites for hydroxylation is 2. The molecule has 1 N–H and O–H groups in total. The van der Waals surface area contributed by atoms with Crippen molar-refractivity contribution in [1.29, 1.82) is 0 Å². The second-order valence-electron chi connectivity index (χ2n) is 5.15. The van der Waals surface area contributed by atoms with Crippen LogP contribution in [0.4, 0.5) is 13.2 Å². The van der Waals surface area contributed by atoms with Gasteiger partial charge in [-0.15, -0.1) is 0 Å². The first-order valence-corrected chi connectivity index (χ1v) is 7.10. The first-order valence-electron chi connectivity index (χ1n) is 7.10. The van der Waals surface area contributed by atoms with E-state index in [9.17, 15) is 13.2 Å². The molecule has 0 bridgehead atoms. The van der Waals surface area contributed by atoms with Gasteiger partial charge >= 0.3 is 6.18 Å². The summed E-state index contributed by atoms with van der Waals surface area (Å²) in [6, 6.07) is 0.112. The van der Waals surface area contributed by atoms with Crippen LogP contribution >= 0.6 is 0 Å². The number of unbranched alkanes of at least 4 members (excludes halogenated alkanes) is 1. The lowest BCUT2D eigenvalue weighted by molar-refractivity contribution is -0.135. The molecule has 0 fully saturated rings. The second-order valence-corrected chi connectivity index (χ2v) is 5.15. The fraction of sp³-hybridized carbons (Fsp3) is 0.786. The lowest BCUT2D eigenvalue weighted by Gasteiger charge is -2.15. The summed E-state index contributed by atoms with van der Waals surface area (Å²) in [5, 5.41) is 7.74. The van der Waals surface area contributed by atoms with Crippen LogP contribution in [0.25, 0.3) is 0 Å². The summed E-state index contributed by atoms with van der Waals surface area (Å²) in [6.45, 7) is 9.48. The molecule has 0 aliphatic carbocycles. The number of hydrogen-bond donors (Lipinski definition) is 1. The molecule has 1 rings (SSSR count). The predicted octanol–water partition coefficient (Wildman–Crippen LogP) is 3.90. The van der Waals surface area contributed by atoms with Crippen molar-refractivity contribution in [3.05, 3.63) is 17.0 Å². The van der Waals surface area contributed by atoms with Crippen molar-refractivity contribution in [3.8, 4) is 0 Å². The van der Waals surface area contributed by atoms with E-state index in [0.29, 0.717) is 13.0 Å². The lowest BCUT2D eigenvalue weighted by Crippen LogP contribution is -2.21. The van der Waals surface area contributed by atoms with E-state index in [1.165, 1.54) is 0 Å². The van der Waals surface area contributed by atoms with Crippen LogP contribution in [-0.2, 0) is 6.54 Å². The molecule has 1 atom stereocenters. The molecule has 0 spiro atoms. The molecule has 20 heavy (non-hydrogen) atoms. The van der Waals surface area contributed by atoms with Crippen molar-refractivity contribution in [1.82, 2.24) is 15.1 Å². The van der Waals surface area contributed by atoms with Crippen molar-refractivity contribution in [2.24, 2.45) is 0 Å². The van der Waals surface area contributed by atoms with Crippen molar-refractivity contribution in [2.75, 3.05) is 6.54 Å². The lowest BCUT2D eigenvalue weighted by atomic mass is 10.1. The average molecular weight is 291 g/mol. The van der Waals surface area contributed by atoms with E-state index >= 15 is 0 Å². The minimum atomic E-state index is -4.04. The first-order chi connectivity index (χ1) is 9.26. The van der Waals surface area contributed by atoms with Crippen LogP contribution in [0.3, 0.4) is 0 Å². The Balaban J connectivity index is 2.44. The zero-order chi connectivity index (χ0) is 15.3. The molecule has 6 heteroatoms. The number of aromatic nitrogens is 2. The van der Waals surface area contributed by atoms with Gasteiger partial charge in [-0.1, -0.05) is 0 Å². The van der Waals surface area contributed by atoms with Crippen LogP contribution in [-0.4, -0.2) is 22.5 Å². The van der Waals surface area contributed by atoms with Gasteiger partial charge in [-0.25, -0.2) is 0 Å². The van der Waals surface area contributed by atoms with Gasteiger partial charge in [-0.3, -0.25) is 4.68 Å². The summed E-state index contributed by atoms with van der Waals surface area (Å²) in [5.74, 6) is 0. The standard InChI is InChI=1S/C14H24F3N3/c1-5-20-12(4)13(11(3)19-20)10(2)18-9-7-6-8-14(15,16)17/h10,18H,5-9H2,1-4H3. The van der Waals surface area contributed by atoms with Gasteiger partial charge in [0.25, 0.3) is 0 Å². The summed E-state index contributed by atoms with van der Waals surface area (Å²) < 4.78 is 38.0. The first kappa shape index (κ1) is 17.0. The second kappa shape index (κ2) is 7.11. The molecule has 0 amide bonds. The smallest absolute Gasteiger partial charge is 0.310 e. The van der Waals surface area contributed by atoms with Crippen LogP contribution < -0.4 is 5.32 Å². The number of alkyl halides is 3. The zero-order valence-corrected chi connectivity index (χ0v) is 12.6. The molecule has 0 aromatic carbocycles. The predicted molar refractivity (Wildman–Crippen MR) is 73.7 cm³/mol. The quantitative estimate of drug-likeness (QED) is 0.772. The summed E-state index contributed by atoms with van der Waals surface area (Å²) in [5.41, 5.74) is 3.27. The van der Waals surface area contributed by atoms with Gasteiger partial charge in [0.1, 0.15) is 0 Å². The third-order valence-electron chi connectivity index (χ3n) is 3.51. The van der Waals surface area contributed by atoms with Gasteiger partial charge in [-0.05, 0) is 47.1 Å². The van der Waals surface area contributed by atoms with E-state index in [2.05, 4.69) is 10.4 Å². The maximum absolute atomic E-state index is 12.0. The molecular weight excluding hydrogens is 267 g/mol. The van der Waals surface area contributed by atoms with E-state index in [-0.39, 0.29) is 12.5 Å².